The Labute approximate surface area is 108 Å². The molecule has 0 spiro atoms. The van der Waals surface area contributed by atoms with E-state index in [2.05, 4.69) is 0 Å². The summed E-state index contributed by atoms with van der Waals surface area (Å²) in [5.74, 6) is 0.859. The maximum atomic E-state index is 12.6. The Bertz CT molecular complexity index is 394. The van der Waals surface area contributed by atoms with Crippen LogP contribution in [0.5, 0.6) is 0 Å². The largest absolute Gasteiger partial charge is 0.469 e. The molecule has 1 aromatic rings. The number of furan rings is 1. The van der Waals surface area contributed by atoms with Crippen LogP contribution in [0.25, 0.3) is 0 Å². The molecule has 1 fully saturated rings. The highest BCUT2D eigenvalue weighted by atomic mass is 16.3. The normalized spacial score (nSPS) is 16.1. The van der Waals surface area contributed by atoms with Gasteiger partial charge < -0.3 is 15.1 Å². The molecule has 1 amide bonds. The highest BCUT2D eigenvalue weighted by molar-refractivity contribution is 5.95. The molecular formula is C14H22N2O2. The first kappa shape index (κ1) is 13.1. The van der Waals surface area contributed by atoms with Crippen molar-refractivity contribution in [2.45, 2.75) is 45.1 Å². The highest BCUT2D eigenvalue weighted by Crippen LogP contribution is 2.25. The molecule has 1 heterocycles. The lowest BCUT2D eigenvalue weighted by atomic mass is 10.1. The van der Waals surface area contributed by atoms with Gasteiger partial charge in [0.05, 0.1) is 11.8 Å². The Balaban J connectivity index is 2.17. The summed E-state index contributed by atoms with van der Waals surface area (Å²) in [6.07, 6.45) is 6.97. The molecule has 1 aromatic heterocycles. The quantitative estimate of drug-likeness (QED) is 0.871. The van der Waals surface area contributed by atoms with Crippen molar-refractivity contribution < 1.29 is 9.21 Å². The van der Waals surface area contributed by atoms with Gasteiger partial charge in [0.1, 0.15) is 5.76 Å². The van der Waals surface area contributed by atoms with Crippen LogP contribution >= 0.6 is 0 Å². The van der Waals surface area contributed by atoms with Crippen molar-refractivity contribution in [1.29, 1.82) is 0 Å². The van der Waals surface area contributed by atoms with E-state index in [9.17, 15) is 4.79 Å². The predicted molar refractivity (Wildman–Crippen MR) is 70.4 cm³/mol. The summed E-state index contributed by atoms with van der Waals surface area (Å²) in [5, 5.41) is 0. The minimum atomic E-state index is 0.0814. The van der Waals surface area contributed by atoms with Crippen molar-refractivity contribution in [1.82, 2.24) is 4.90 Å². The Morgan fingerprint density at radius 1 is 1.50 bits per heavy atom. The van der Waals surface area contributed by atoms with E-state index in [-0.39, 0.29) is 5.91 Å². The molecule has 0 atom stereocenters. The number of carbonyl (C=O) groups is 1. The van der Waals surface area contributed by atoms with Crippen LogP contribution in [-0.4, -0.2) is 29.9 Å². The zero-order valence-electron chi connectivity index (χ0n) is 11.0. The average Bonchev–Trinajstić information content (AvgIpc) is 3.05. The van der Waals surface area contributed by atoms with Crippen molar-refractivity contribution >= 4 is 5.91 Å². The molecule has 100 valence electrons. The van der Waals surface area contributed by atoms with Crippen molar-refractivity contribution in [2.75, 3.05) is 13.1 Å². The van der Waals surface area contributed by atoms with Crippen LogP contribution in [-0.2, 0) is 6.42 Å². The average molecular weight is 250 g/mol. The van der Waals surface area contributed by atoms with Crippen LogP contribution in [0.2, 0.25) is 0 Å². The van der Waals surface area contributed by atoms with Gasteiger partial charge in [-0.25, -0.2) is 0 Å². The number of carbonyl (C=O) groups excluding carboxylic acids is 1. The lowest BCUT2D eigenvalue weighted by molar-refractivity contribution is 0.0686. The first-order chi connectivity index (χ1) is 8.77. The van der Waals surface area contributed by atoms with Crippen LogP contribution in [0, 0.1) is 0 Å². The van der Waals surface area contributed by atoms with Gasteiger partial charge in [-0.15, -0.1) is 0 Å². The first-order valence-electron chi connectivity index (χ1n) is 6.85. The van der Waals surface area contributed by atoms with E-state index in [4.69, 9.17) is 10.2 Å². The molecule has 0 saturated heterocycles. The van der Waals surface area contributed by atoms with Gasteiger partial charge in [-0.3, -0.25) is 4.79 Å². The predicted octanol–water partition coefficient (Wildman–Crippen LogP) is 2.19. The van der Waals surface area contributed by atoms with Crippen LogP contribution in [0.15, 0.2) is 16.7 Å². The van der Waals surface area contributed by atoms with Gasteiger partial charge in [-0.05, 0) is 18.9 Å². The maximum absolute atomic E-state index is 12.6. The zero-order chi connectivity index (χ0) is 13.0. The van der Waals surface area contributed by atoms with Crippen LogP contribution in [0.1, 0.15) is 48.7 Å². The Hall–Kier alpha value is -1.29. The van der Waals surface area contributed by atoms with Crippen molar-refractivity contribution in [3.05, 3.63) is 23.7 Å². The second-order valence-electron chi connectivity index (χ2n) is 4.84. The van der Waals surface area contributed by atoms with Crippen LogP contribution in [0.4, 0.5) is 0 Å². The first-order valence-corrected chi connectivity index (χ1v) is 6.85. The second-order valence-corrected chi connectivity index (χ2v) is 4.84. The molecule has 4 nitrogen and oxygen atoms in total. The Kier molecular flexibility index (Phi) is 4.42. The lowest BCUT2D eigenvalue weighted by Crippen LogP contribution is -2.42. The van der Waals surface area contributed by atoms with E-state index < -0.39 is 0 Å². The van der Waals surface area contributed by atoms with Crippen LogP contribution in [0.3, 0.4) is 0 Å². The van der Waals surface area contributed by atoms with Crippen LogP contribution < -0.4 is 5.73 Å². The highest BCUT2D eigenvalue weighted by Gasteiger charge is 2.28. The van der Waals surface area contributed by atoms with Gasteiger partial charge in [0.2, 0.25) is 0 Å². The number of hydrogen-bond donors (Lipinski definition) is 1. The van der Waals surface area contributed by atoms with Crippen molar-refractivity contribution in [3.63, 3.8) is 0 Å². The summed E-state index contributed by atoms with van der Waals surface area (Å²) >= 11 is 0. The van der Waals surface area contributed by atoms with Gasteiger partial charge >= 0.3 is 0 Å². The summed E-state index contributed by atoms with van der Waals surface area (Å²) in [6, 6.07) is 2.14. The monoisotopic (exact) mass is 250 g/mol. The van der Waals surface area contributed by atoms with E-state index in [0.29, 0.717) is 24.7 Å². The minimum Gasteiger partial charge on any atom is -0.469 e. The number of hydrogen-bond acceptors (Lipinski definition) is 3. The number of rotatable bonds is 5. The molecule has 1 saturated carbocycles. The molecule has 1 aliphatic carbocycles. The molecule has 18 heavy (non-hydrogen) atoms. The maximum Gasteiger partial charge on any atom is 0.257 e. The molecule has 0 aromatic carbocycles. The molecular weight excluding hydrogens is 228 g/mol. The molecule has 4 heteroatoms. The number of aryl methyl sites for hydroxylation is 1. The number of amides is 1. The molecule has 0 aliphatic heterocycles. The molecule has 0 radical (unpaired) electrons. The lowest BCUT2D eigenvalue weighted by Gasteiger charge is -2.28. The Morgan fingerprint density at radius 2 is 2.22 bits per heavy atom. The fourth-order valence-electron chi connectivity index (χ4n) is 2.76. The SMILES string of the molecule is CCc1occc1C(=O)N(CCN)C1CCCC1. The smallest absolute Gasteiger partial charge is 0.257 e. The third-order valence-corrected chi connectivity index (χ3v) is 3.69. The fourth-order valence-corrected chi connectivity index (χ4v) is 2.76. The van der Waals surface area contributed by atoms with E-state index in [0.717, 1.165) is 25.0 Å². The van der Waals surface area contributed by atoms with Gasteiger partial charge in [-0.1, -0.05) is 19.8 Å². The Morgan fingerprint density at radius 3 is 2.83 bits per heavy atom. The van der Waals surface area contributed by atoms with Crippen molar-refractivity contribution in [3.8, 4) is 0 Å². The number of nitrogens with zero attached hydrogens (tertiary/aromatic N) is 1. The summed E-state index contributed by atoms with van der Waals surface area (Å²) in [5.41, 5.74) is 6.35. The van der Waals surface area contributed by atoms with Crippen molar-refractivity contribution in [2.24, 2.45) is 5.73 Å². The van der Waals surface area contributed by atoms with Gasteiger partial charge in [-0.2, -0.15) is 0 Å². The third kappa shape index (κ3) is 2.58. The molecule has 0 unspecified atom stereocenters. The standard InChI is InChI=1S/C14H22N2O2/c1-2-13-12(7-10-18-13)14(17)16(9-8-15)11-5-3-4-6-11/h7,10-11H,2-6,8-9,15H2,1H3. The number of nitrogens with two attached hydrogens (primary N) is 1. The topological polar surface area (TPSA) is 59.5 Å². The molecule has 2 N–H and O–H groups in total. The third-order valence-electron chi connectivity index (χ3n) is 3.69. The van der Waals surface area contributed by atoms with Gasteiger partial charge in [0.15, 0.2) is 0 Å². The zero-order valence-corrected chi connectivity index (χ0v) is 11.0. The molecule has 0 bridgehead atoms. The molecule has 1 aliphatic rings. The second kappa shape index (κ2) is 6.05. The summed E-state index contributed by atoms with van der Waals surface area (Å²) in [6.45, 7) is 3.15. The molecule has 2 rings (SSSR count). The van der Waals surface area contributed by atoms with E-state index in [1.165, 1.54) is 12.8 Å². The van der Waals surface area contributed by atoms with E-state index in [1.807, 2.05) is 11.8 Å². The fraction of sp³-hybridized carbons (Fsp3) is 0.643. The van der Waals surface area contributed by atoms with E-state index in [1.54, 1.807) is 12.3 Å². The minimum absolute atomic E-state index is 0.0814. The van der Waals surface area contributed by atoms with Gasteiger partial charge in [0, 0.05) is 25.6 Å². The summed E-state index contributed by atoms with van der Waals surface area (Å²) < 4.78 is 5.35. The summed E-state index contributed by atoms with van der Waals surface area (Å²) in [4.78, 5) is 14.5. The van der Waals surface area contributed by atoms with Gasteiger partial charge in [0.25, 0.3) is 5.91 Å². The summed E-state index contributed by atoms with van der Waals surface area (Å²) in [7, 11) is 0. The van der Waals surface area contributed by atoms with E-state index >= 15 is 0 Å².